The lowest BCUT2D eigenvalue weighted by Gasteiger charge is -2.23. The van der Waals surface area contributed by atoms with Crippen molar-refractivity contribution in [3.63, 3.8) is 0 Å². The maximum atomic E-state index is 11.4. The maximum absolute atomic E-state index is 11.4. The summed E-state index contributed by atoms with van der Waals surface area (Å²) in [4.78, 5) is 24.1. The largest absolute Gasteiger partial charge is 0.481 e. The molecular formula is C16H23NO4. The van der Waals surface area contributed by atoms with Gasteiger partial charge in [-0.1, -0.05) is 12.1 Å². The van der Waals surface area contributed by atoms with E-state index in [1.165, 1.54) is 0 Å². The van der Waals surface area contributed by atoms with Crippen LogP contribution in [0.4, 0.5) is 5.69 Å². The van der Waals surface area contributed by atoms with Crippen molar-refractivity contribution >= 4 is 17.6 Å². The molecule has 0 bridgehead atoms. The molecule has 116 valence electrons. The lowest BCUT2D eigenvalue weighted by Crippen LogP contribution is -2.26. The number of aryl methyl sites for hydroxylation is 1. The number of nitrogens with zero attached hydrogens (tertiary/aromatic N) is 1. The molecule has 0 aliphatic carbocycles. The van der Waals surface area contributed by atoms with Gasteiger partial charge in [0.1, 0.15) is 0 Å². The zero-order chi connectivity index (χ0) is 15.7. The van der Waals surface area contributed by atoms with Crippen LogP contribution in [0.5, 0.6) is 0 Å². The molecule has 5 nitrogen and oxygen atoms in total. The second-order valence-electron chi connectivity index (χ2n) is 4.70. The third kappa shape index (κ3) is 6.29. The van der Waals surface area contributed by atoms with Crippen molar-refractivity contribution in [3.05, 3.63) is 29.8 Å². The Bertz CT molecular complexity index is 473. The summed E-state index contributed by atoms with van der Waals surface area (Å²) in [7, 11) is 0. The number of benzene rings is 1. The molecule has 0 heterocycles. The molecule has 1 rings (SSSR count). The molecular weight excluding hydrogens is 270 g/mol. The summed E-state index contributed by atoms with van der Waals surface area (Å²) < 4.78 is 4.93. The van der Waals surface area contributed by atoms with E-state index in [1.807, 2.05) is 31.2 Å². The highest BCUT2D eigenvalue weighted by Crippen LogP contribution is 2.17. The van der Waals surface area contributed by atoms with Crippen molar-refractivity contribution in [1.29, 1.82) is 0 Å². The molecule has 0 spiro atoms. The van der Waals surface area contributed by atoms with Crippen molar-refractivity contribution in [2.45, 2.75) is 33.1 Å². The number of esters is 1. The molecule has 0 radical (unpaired) electrons. The van der Waals surface area contributed by atoms with Crippen molar-refractivity contribution in [1.82, 2.24) is 0 Å². The van der Waals surface area contributed by atoms with Gasteiger partial charge in [-0.05, 0) is 38.0 Å². The fourth-order valence-electron chi connectivity index (χ4n) is 2.09. The highest BCUT2D eigenvalue weighted by Gasteiger charge is 2.09. The molecule has 1 aromatic carbocycles. The Hall–Kier alpha value is -2.04. The predicted octanol–water partition coefficient (Wildman–Crippen LogP) is 2.48. The number of carboxylic acids is 1. The summed E-state index contributed by atoms with van der Waals surface area (Å²) in [5.74, 6) is -0.993. The second-order valence-corrected chi connectivity index (χ2v) is 4.70. The summed E-state index contributed by atoms with van der Waals surface area (Å²) in [6, 6.07) is 7.79. The molecule has 0 saturated carbocycles. The smallest absolute Gasteiger partial charge is 0.307 e. The van der Waals surface area contributed by atoms with Crippen LogP contribution in [0.2, 0.25) is 0 Å². The Morgan fingerprint density at radius 2 is 2.00 bits per heavy atom. The summed E-state index contributed by atoms with van der Waals surface area (Å²) >= 11 is 0. The first kappa shape index (κ1) is 17.0. The average Bonchev–Trinajstić information content (AvgIpc) is 2.46. The Balaban J connectivity index is 2.65. The Morgan fingerprint density at radius 1 is 1.24 bits per heavy atom. The Labute approximate surface area is 125 Å². The van der Waals surface area contributed by atoms with Gasteiger partial charge in [-0.3, -0.25) is 9.59 Å². The van der Waals surface area contributed by atoms with Gasteiger partial charge >= 0.3 is 11.9 Å². The van der Waals surface area contributed by atoms with Gasteiger partial charge < -0.3 is 14.7 Å². The minimum Gasteiger partial charge on any atom is -0.481 e. The molecule has 0 amide bonds. The van der Waals surface area contributed by atoms with Gasteiger partial charge in [0, 0.05) is 25.2 Å². The summed E-state index contributed by atoms with van der Waals surface area (Å²) in [5.41, 5.74) is 1.99. The molecule has 0 fully saturated rings. The fourth-order valence-corrected chi connectivity index (χ4v) is 2.09. The number of aliphatic carboxylic acids is 1. The van der Waals surface area contributed by atoms with Crippen LogP contribution in [0.3, 0.4) is 0 Å². The molecule has 1 N–H and O–H groups in total. The average molecular weight is 293 g/mol. The first-order valence-corrected chi connectivity index (χ1v) is 7.28. The van der Waals surface area contributed by atoms with Crippen LogP contribution in [-0.4, -0.2) is 36.7 Å². The predicted molar refractivity (Wildman–Crippen MR) is 81.5 cm³/mol. The van der Waals surface area contributed by atoms with Crippen LogP contribution in [0.25, 0.3) is 0 Å². The first-order chi connectivity index (χ1) is 10.1. The SMILES string of the molecule is CCOC(=O)CCN(CC)c1cccc(CCC(=O)O)c1. The lowest BCUT2D eigenvalue weighted by molar-refractivity contribution is -0.143. The van der Waals surface area contributed by atoms with Gasteiger partial charge in [-0.2, -0.15) is 0 Å². The third-order valence-electron chi connectivity index (χ3n) is 3.18. The highest BCUT2D eigenvalue weighted by atomic mass is 16.5. The van der Waals surface area contributed by atoms with Crippen molar-refractivity contribution in [2.24, 2.45) is 0 Å². The van der Waals surface area contributed by atoms with Crippen molar-refractivity contribution in [3.8, 4) is 0 Å². The summed E-state index contributed by atoms with van der Waals surface area (Å²) in [6.07, 6.45) is 0.984. The van der Waals surface area contributed by atoms with E-state index >= 15 is 0 Å². The van der Waals surface area contributed by atoms with E-state index in [-0.39, 0.29) is 12.4 Å². The van der Waals surface area contributed by atoms with Gasteiger partial charge in [0.15, 0.2) is 0 Å². The number of anilines is 1. The van der Waals surface area contributed by atoms with Crippen molar-refractivity contribution in [2.75, 3.05) is 24.6 Å². The van der Waals surface area contributed by atoms with E-state index in [0.29, 0.717) is 26.0 Å². The molecule has 0 saturated heterocycles. The maximum Gasteiger partial charge on any atom is 0.307 e. The second kappa shape index (κ2) is 9.00. The molecule has 0 atom stereocenters. The molecule has 0 aliphatic rings. The number of carbonyl (C=O) groups excluding carboxylic acids is 1. The highest BCUT2D eigenvalue weighted by molar-refractivity contribution is 5.70. The minimum absolute atomic E-state index is 0.123. The number of carboxylic acid groups (broad SMARTS) is 1. The first-order valence-electron chi connectivity index (χ1n) is 7.28. The van der Waals surface area contributed by atoms with Gasteiger partial charge in [-0.25, -0.2) is 0 Å². The van der Waals surface area contributed by atoms with Gasteiger partial charge in [0.25, 0.3) is 0 Å². The zero-order valence-electron chi connectivity index (χ0n) is 12.7. The van der Waals surface area contributed by atoms with E-state index in [4.69, 9.17) is 9.84 Å². The molecule has 21 heavy (non-hydrogen) atoms. The minimum atomic E-state index is -0.796. The molecule has 1 aromatic rings. The van der Waals surface area contributed by atoms with Crippen LogP contribution in [0.1, 0.15) is 32.3 Å². The summed E-state index contributed by atoms with van der Waals surface area (Å²) in [5, 5.41) is 8.73. The standard InChI is InChI=1S/C16H23NO4/c1-3-17(11-10-16(20)21-4-2)14-7-5-6-13(12-14)8-9-15(18)19/h5-7,12H,3-4,8-11H2,1-2H3,(H,18,19). The number of hydrogen-bond acceptors (Lipinski definition) is 4. The van der Waals surface area contributed by atoms with E-state index in [0.717, 1.165) is 17.8 Å². The third-order valence-corrected chi connectivity index (χ3v) is 3.18. The number of ether oxygens (including phenoxy) is 1. The molecule has 0 unspecified atom stereocenters. The quantitative estimate of drug-likeness (QED) is 0.708. The van der Waals surface area contributed by atoms with E-state index in [2.05, 4.69) is 4.90 Å². The van der Waals surface area contributed by atoms with Crippen LogP contribution in [-0.2, 0) is 20.7 Å². The van der Waals surface area contributed by atoms with Crippen LogP contribution in [0, 0.1) is 0 Å². The zero-order valence-corrected chi connectivity index (χ0v) is 12.7. The Morgan fingerprint density at radius 3 is 2.62 bits per heavy atom. The van der Waals surface area contributed by atoms with E-state index < -0.39 is 5.97 Å². The van der Waals surface area contributed by atoms with E-state index in [1.54, 1.807) is 6.92 Å². The monoisotopic (exact) mass is 293 g/mol. The van der Waals surface area contributed by atoms with Gasteiger partial charge in [0.05, 0.1) is 13.0 Å². The van der Waals surface area contributed by atoms with E-state index in [9.17, 15) is 9.59 Å². The molecule has 0 aliphatic heterocycles. The van der Waals surface area contributed by atoms with Crippen LogP contribution < -0.4 is 4.90 Å². The number of hydrogen-bond donors (Lipinski definition) is 1. The van der Waals surface area contributed by atoms with Crippen molar-refractivity contribution < 1.29 is 19.4 Å². The fraction of sp³-hybridized carbons (Fsp3) is 0.500. The Kier molecular flexibility index (Phi) is 7.29. The van der Waals surface area contributed by atoms with Gasteiger partial charge in [-0.15, -0.1) is 0 Å². The van der Waals surface area contributed by atoms with Gasteiger partial charge in [0.2, 0.25) is 0 Å². The lowest BCUT2D eigenvalue weighted by atomic mass is 10.1. The number of rotatable bonds is 9. The molecule has 5 heteroatoms. The normalized spacial score (nSPS) is 10.2. The topological polar surface area (TPSA) is 66.8 Å². The van der Waals surface area contributed by atoms with Crippen LogP contribution >= 0.6 is 0 Å². The number of carbonyl (C=O) groups is 2. The summed E-state index contributed by atoms with van der Waals surface area (Å²) in [6.45, 7) is 5.59. The molecule has 0 aromatic heterocycles. The van der Waals surface area contributed by atoms with Crippen LogP contribution in [0.15, 0.2) is 24.3 Å².